The lowest BCUT2D eigenvalue weighted by Gasteiger charge is -2.31. The quantitative estimate of drug-likeness (QED) is 0.671. The molecular weight excluding hydrogens is 266 g/mol. The van der Waals surface area contributed by atoms with Gasteiger partial charge in [0.2, 0.25) is 0 Å². The van der Waals surface area contributed by atoms with Crippen molar-refractivity contribution in [3.63, 3.8) is 0 Å². The summed E-state index contributed by atoms with van der Waals surface area (Å²) in [7, 11) is 2.17. The Bertz CT molecular complexity index is 537. The van der Waals surface area contributed by atoms with E-state index in [2.05, 4.69) is 22.4 Å². The third kappa shape index (κ3) is 3.24. The Balaban J connectivity index is 1.54. The van der Waals surface area contributed by atoms with Gasteiger partial charge in [0.05, 0.1) is 5.71 Å². The van der Waals surface area contributed by atoms with Crippen LogP contribution in [0.4, 0.5) is 10.5 Å². The van der Waals surface area contributed by atoms with Crippen molar-refractivity contribution in [3.8, 4) is 0 Å². The van der Waals surface area contributed by atoms with Crippen LogP contribution >= 0.6 is 0 Å². The maximum Gasteiger partial charge on any atom is 0.437 e. The van der Waals surface area contributed by atoms with Gasteiger partial charge in [-0.05, 0) is 38.9 Å². The standard InChI is InChI=1S/C16H21N3O2/c1-11-3-5-12(6-4-11)17-16(20)21-18-13-9-14-7-8-15(10-13)19(14)2/h3-6,14-15H,7-10H2,1-2H3,(H,17,20). The zero-order valence-electron chi connectivity index (χ0n) is 12.5. The molecule has 2 saturated heterocycles. The molecular formula is C16H21N3O2. The lowest BCUT2D eigenvalue weighted by atomic mass is 10.0. The molecule has 1 N–H and O–H groups in total. The molecule has 0 spiro atoms. The van der Waals surface area contributed by atoms with Crippen LogP contribution in [0.3, 0.4) is 0 Å². The van der Waals surface area contributed by atoms with E-state index in [9.17, 15) is 4.79 Å². The molecule has 2 atom stereocenters. The third-order valence-corrected chi connectivity index (χ3v) is 4.48. The van der Waals surface area contributed by atoms with Gasteiger partial charge >= 0.3 is 6.09 Å². The first-order chi connectivity index (χ1) is 10.1. The summed E-state index contributed by atoms with van der Waals surface area (Å²) in [6.07, 6.45) is 3.72. The molecule has 3 rings (SSSR count). The van der Waals surface area contributed by atoms with Gasteiger partial charge in [0.15, 0.2) is 0 Å². The van der Waals surface area contributed by atoms with E-state index in [0.29, 0.717) is 17.8 Å². The summed E-state index contributed by atoms with van der Waals surface area (Å²) in [6.45, 7) is 2.00. The number of rotatable bonds is 2. The van der Waals surface area contributed by atoms with Gasteiger partial charge in [-0.3, -0.25) is 15.1 Å². The van der Waals surface area contributed by atoms with Gasteiger partial charge < -0.3 is 0 Å². The van der Waals surface area contributed by atoms with E-state index in [1.807, 2.05) is 31.2 Å². The van der Waals surface area contributed by atoms with Crippen LogP contribution < -0.4 is 5.32 Å². The second-order valence-electron chi connectivity index (χ2n) is 5.99. The number of amides is 1. The molecule has 2 fully saturated rings. The number of piperidine rings is 1. The summed E-state index contributed by atoms with van der Waals surface area (Å²) in [5, 5.41) is 6.73. The van der Waals surface area contributed by atoms with Crippen molar-refractivity contribution in [3.05, 3.63) is 29.8 Å². The third-order valence-electron chi connectivity index (χ3n) is 4.48. The van der Waals surface area contributed by atoms with Gasteiger partial charge in [-0.2, -0.15) is 0 Å². The van der Waals surface area contributed by atoms with Crippen molar-refractivity contribution in [1.82, 2.24) is 4.90 Å². The average molecular weight is 287 g/mol. The van der Waals surface area contributed by atoms with E-state index >= 15 is 0 Å². The van der Waals surface area contributed by atoms with Crippen LogP contribution in [0.5, 0.6) is 0 Å². The number of aryl methyl sites for hydroxylation is 1. The number of benzene rings is 1. The van der Waals surface area contributed by atoms with Crippen LogP contribution in [-0.4, -0.2) is 35.8 Å². The lowest BCUT2D eigenvalue weighted by molar-refractivity contribution is 0.162. The Morgan fingerprint density at radius 1 is 1.24 bits per heavy atom. The largest absolute Gasteiger partial charge is 0.437 e. The van der Waals surface area contributed by atoms with Crippen molar-refractivity contribution >= 4 is 17.5 Å². The first-order valence-corrected chi connectivity index (χ1v) is 7.44. The minimum atomic E-state index is -0.530. The maximum absolute atomic E-state index is 11.7. The smallest absolute Gasteiger partial charge is 0.300 e. The highest BCUT2D eigenvalue weighted by Gasteiger charge is 2.36. The molecule has 112 valence electrons. The topological polar surface area (TPSA) is 53.9 Å². The highest BCUT2D eigenvalue weighted by molar-refractivity contribution is 5.88. The number of hydrogen-bond donors (Lipinski definition) is 1. The molecule has 5 nitrogen and oxygen atoms in total. The molecule has 0 aliphatic carbocycles. The molecule has 5 heteroatoms. The summed E-state index contributed by atoms with van der Waals surface area (Å²) < 4.78 is 0. The Morgan fingerprint density at radius 2 is 1.86 bits per heavy atom. The van der Waals surface area contributed by atoms with Crippen molar-refractivity contribution < 1.29 is 9.63 Å². The van der Waals surface area contributed by atoms with Gasteiger partial charge in [-0.15, -0.1) is 0 Å². The Hall–Kier alpha value is -1.88. The highest BCUT2D eigenvalue weighted by atomic mass is 16.7. The molecule has 1 aromatic rings. The minimum absolute atomic E-state index is 0.530. The molecule has 2 unspecified atom stereocenters. The fraction of sp³-hybridized carbons (Fsp3) is 0.500. The number of nitrogens with zero attached hydrogens (tertiary/aromatic N) is 2. The van der Waals surface area contributed by atoms with E-state index in [-0.39, 0.29) is 0 Å². The van der Waals surface area contributed by atoms with E-state index in [1.165, 1.54) is 12.8 Å². The molecule has 2 aliphatic rings. The number of nitrogens with one attached hydrogen (secondary N) is 1. The summed E-state index contributed by atoms with van der Waals surface area (Å²) in [5.41, 5.74) is 2.87. The first kappa shape index (κ1) is 14.1. The number of oxime groups is 1. The molecule has 0 saturated carbocycles. The highest BCUT2D eigenvalue weighted by Crippen LogP contribution is 2.32. The molecule has 2 aliphatic heterocycles. The van der Waals surface area contributed by atoms with Crippen LogP contribution in [0.1, 0.15) is 31.2 Å². The van der Waals surface area contributed by atoms with Gasteiger partial charge in [0.25, 0.3) is 0 Å². The molecule has 0 aromatic heterocycles. The summed E-state index contributed by atoms with van der Waals surface area (Å²) >= 11 is 0. The fourth-order valence-electron chi connectivity index (χ4n) is 3.17. The van der Waals surface area contributed by atoms with E-state index in [1.54, 1.807) is 0 Å². The minimum Gasteiger partial charge on any atom is -0.300 e. The Morgan fingerprint density at radius 3 is 2.48 bits per heavy atom. The molecule has 2 bridgehead atoms. The van der Waals surface area contributed by atoms with E-state index in [4.69, 9.17) is 4.84 Å². The Labute approximate surface area is 125 Å². The predicted molar refractivity (Wildman–Crippen MR) is 82.5 cm³/mol. The second kappa shape index (κ2) is 5.85. The van der Waals surface area contributed by atoms with Crippen molar-refractivity contribution in [2.24, 2.45) is 5.16 Å². The zero-order valence-corrected chi connectivity index (χ0v) is 12.5. The van der Waals surface area contributed by atoms with Crippen LogP contribution in [-0.2, 0) is 4.84 Å². The first-order valence-electron chi connectivity index (χ1n) is 7.44. The van der Waals surface area contributed by atoms with Crippen molar-refractivity contribution in [2.75, 3.05) is 12.4 Å². The number of carbonyl (C=O) groups is 1. The molecule has 21 heavy (non-hydrogen) atoms. The SMILES string of the molecule is Cc1ccc(NC(=O)ON=C2CC3CCC(C2)N3C)cc1. The van der Waals surface area contributed by atoms with E-state index < -0.39 is 6.09 Å². The van der Waals surface area contributed by atoms with Gasteiger partial charge in [0.1, 0.15) is 0 Å². The maximum atomic E-state index is 11.7. The Kier molecular flexibility index (Phi) is 3.92. The van der Waals surface area contributed by atoms with Crippen LogP contribution in [0, 0.1) is 6.92 Å². The average Bonchev–Trinajstić information content (AvgIpc) is 2.70. The number of fused-ring (bicyclic) bond motifs is 2. The summed E-state index contributed by atoms with van der Waals surface area (Å²) in [5.74, 6) is 0. The fourth-order valence-corrected chi connectivity index (χ4v) is 3.17. The molecule has 1 aromatic carbocycles. The number of anilines is 1. The van der Waals surface area contributed by atoms with Crippen LogP contribution in [0.2, 0.25) is 0 Å². The zero-order chi connectivity index (χ0) is 14.8. The number of hydrogen-bond acceptors (Lipinski definition) is 4. The van der Waals surface area contributed by atoms with Crippen LogP contribution in [0.15, 0.2) is 29.4 Å². The predicted octanol–water partition coefficient (Wildman–Crippen LogP) is 3.16. The molecule has 0 radical (unpaired) electrons. The lowest BCUT2D eigenvalue weighted by Crippen LogP contribution is -2.40. The molecule has 1 amide bonds. The molecule has 2 heterocycles. The second-order valence-corrected chi connectivity index (χ2v) is 5.99. The number of carbonyl (C=O) groups excluding carboxylic acids is 1. The van der Waals surface area contributed by atoms with Gasteiger partial charge in [0, 0.05) is 30.6 Å². The van der Waals surface area contributed by atoms with Crippen LogP contribution in [0.25, 0.3) is 0 Å². The van der Waals surface area contributed by atoms with Crippen molar-refractivity contribution in [2.45, 2.75) is 44.7 Å². The van der Waals surface area contributed by atoms with Gasteiger partial charge in [-0.25, -0.2) is 4.79 Å². The van der Waals surface area contributed by atoms with Crippen molar-refractivity contribution in [1.29, 1.82) is 0 Å². The van der Waals surface area contributed by atoms with E-state index in [0.717, 1.165) is 24.1 Å². The summed E-state index contributed by atoms with van der Waals surface area (Å²) in [6, 6.07) is 8.70. The normalized spacial score (nSPS) is 24.8. The summed E-state index contributed by atoms with van der Waals surface area (Å²) in [4.78, 5) is 19.1. The monoisotopic (exact) mass is 287 g/mol. The van der Waals surface area contributed by atoms with Gasteiger partial charge in [-0.1, -0.05) is 22.9 Å².